The van der Waals surface area contributed by atoms with E-state index in [9.17, 15) is 19.2 Å². The van der Waals surface area contributed by atoms with Crippen molar-refractivity contribution in [2.45, 2.75) is 79.6 Å². The van der Waals surface area contributed by atoms with Gasteiger partial charge < -0.3 is 16.0 Å². The van der Waals surface area contributed by atoms with Gasteiger partial charge in [0.1, 0.15) is 5.78 Å². The van der Waals surface area contributed by atoms with Gasteiger partial charge in [0.2, 0.25) is 17.7 Å². The summed E-state index contributed by atoms with van der Waals surface area (Å²) in [5, 5.41) is 8.21. The van der Waals surface area contributed by atoms with Crippen LogP contribution in [0.3, 0.4) is 0 Å². The molecule has 0 heterocycles. The fraction of sp³-hybridized carbons (Fsp3) is 0.800. The lowest BCUT2D eigenvalue weighted by molar-refractivity contribution is -0.124. The molecule has 0 rings (SSSR count). The molecule has 0 aromatic carbocycles. The summed E-state index contributed by atoms with van der Waals surface area (Å²) in [5.74, 6) is 0.0281. The van der Waals surface area contributed by atoms with Gasteiger partial charge >= 0.3 is 0 Å². The van der Waals surface area contributed by atoms with Gasteiger partial charge in [0.05, 0.1) is 0 Å². The first-order valence-electron chi connectivity index (χ1n) is 10.2. The predicted octanol–water partition coefficient (Wildman–Crippen LogP) is 3.07. The van der Waals surface area contributed by atoms with Gasteiger partial charge in [0.15, 0.2) is 0 Å². The second kappa shape index (κ2) is 18.9. The number of carbonyl (C=O) groups excluding carboxylic acids is 4. The molecule has 0 saturated carbocycles. The maximum Gasteiger partial charge on any atom is 0.220 e. The van der Waals surface area contributed by atoms with Crippen LogP contribution in [-0.2, 0) is 19.2 Å². The van der Waals surface area contributed by atoms with E-state index in [1.807, 2.05) is 34.6 Å². The van der Waals surface area contributed by atoms with Crippen molar-refractivity contribution < 1.29 is 23.5 Å². The quantitative estimate of drug-likeness (QED) is 0.396. The third kappa shape index (κ3) is 18.7. The van der Waals surface area contributed by atoms with Gasteiger partial charge in [-0.25, -0.2) is 0 Å². The zero-order chi connectivity index (χ0) is 21.1. The normalized spacial score (nSPS) is 9.85. The zero-order valence-corrected chi connectivity index (χ0v) is 17.8. The Labute approximate surface area is 168 Å². The summed E-state index contributed by atoms with van der Waals surface area (Å²) in [7, 11) is 0. The average molecular weight is 392 g/mol. The lowest BCUT2D eigenvalue weighted by Gasteiger charge is -2.07. The summed E-state index contributed by atoms with van der Waals surface area (Å²) in [5.41, 5.74) is 0. The molecule has 0 radical (unpaired) electrons. The topological polar surface area (TPSA) is 104 Å². The summed E-state index contributed by atoms with van der Waals surface area (Å²) in [6, 6.07) is 0. The summed E-state index contributed by atoms with van der Waals surface area (Å²) in [6.45, 7) is 11.1. The molecule has 0 bridgehead atoms. The number of carbonyl (C=O) groups is 4. The van der Waals surface area contributed by atoms with Gasteiger partial charge in [-0.3, -0.25) is 19.2 Å². The van der Waals surface area contributed by atoms with Crippen LogP contribution in [0.15, 0.2) is 0 Å². The Kier molecular flexibility index (Phi) is 19.1. The fourth-order valence-electron chi connectivity index (χ4n) is 2.13. The minimum absolute atomic E-state index is 0. The minimum Gasteiger partial charge on any atom is -0.356 e. The van der Waals surface area contributed by atoms with Gasteiger partial charge in [-0.15, -0.1) is 0 Å². The van der Waals surface area contributed by atoms with Crippen LogP contribution in [0.4, 0.5) is 0 Å². The van der Waals surface area contributed by atoms with Gasteiger partial charge in [0, 0.05) is 55.5 Å². The van der Waals surface area contributed by atoms with E-state index in [2.05, 4.69) is 16.0 Å². The highest BCUT2D eigenvalue weighted by Gasteiger charge is 2.08. The maximum absolute atomic E-state index is 11.6. The first kappa shape index (κ1) is 27.3. The molecular weight excluding hydrogens is 346 g/mol. The van der Waals surface area contributed by atoms with Crippen LogP contribution in [0.25, 0.3) is 0 Å². The minimum atomic E-state index is -0.0844. The Morgan fingerprint density at radius 3 is 1.52 bits per heavy atom. The highest BCUT2D eigenvalue weighted by Crippen LogP contribution is 2.04. The molecule has 164 valence electrons. The number of ketones is 1. The number of Topliss-reactive ketones (excluding diaryl/α,β-unsaturated/α-hetero) is 1. The maximum atomic E-state index is 11.6. The molecule has 0 saturated heterocycles. The monoisotopic (exact) mass is 391 g/mol. The van der Waals surface area contributed by atoms with Gasteiger partial charge in [-0.1, -0.05) is 27.7 Å². The van der Waals surface area contributed by atoms with Crippen molar-refractivity contribution in [2.24, 2.45) is 5.92 Å². The number of rotatable bonds is 14. The van der Waals surface area contributed by atoms with E-state index in [1.165, 1.54) is 0 Å². The summed E-state index contributed by atoms with van der Waals surface area (Å²) >= 11 is 0. The largest absolute Gasteiger partial charge is 0.356 e. The Morgan fingerprint density at radius 1 is 0.704 bits per heavy atom. The second-order valence-corrected chi connectivity index (χ2v) is 6.34. The van der Waals surface area contributed by atoms with Crippen molar-refractivity contribution in [1.29, 1.82) is 0 Å². The van der Waals surface area contributed by atoms with Crippen molar-refractivity contribution in [3.63, 3.8) is 0 Å². The average Bonchev–Trinajstić information content (AvgIpc) is 2.64. The molecule has 0 aromatic rings. The van der Waals surface area contributed by atoms with E-state index in [-0.39, 0.29) is 33.7 Å². The Bertz CT molecular complexity index is 451. The fourth-order valence-corrected chi connectivity index (χ4v) is 2.13. The van der Waals surface area contributed by atoms with Crippen LogP contribution in [-0.4, -0.2) is 43.1 Å². The molecule has 3 amide bonds. The van der Waals surface area contributed by atoms with Crippen molar-refractivity contribution in [2.75, 3.05) is 19.6 Å². The number of hydrogen-bond acceptors (Lipinski definition) is 4. The van der Waals surface area contributed by atoms with E-state index in [4.69, 9.17) is 0 Å². The van der Waals surface area contributed by atoms with Crippen molar-refractivity contribution in [3.05, 3.63) is 0 Å². The SMILES string of the molecule is CC.CCNC(=O)CCCNC(=O)CCCNC(=O)CCCC(=O)C(C)C.[HH].[HH].[HH]. The zero-order valence-electron chi connectivity index (χ0n) is 17.8. The van der Waals surface area contributed by atoms with Crippen LogP contribution in [0.1, 0.15) is 83.8 Å². The van der Waals surface area contributed by atoms with E-state index in [0.29, 0.717) is 64.6 Å². The van der Waals surface area contributed by atoms with Crippen LogP contribution in [0, 0.1) is 5.92 Å². The Balaban J connectivity index is -0.000000403. The van der Waals surface area contributed by atoms with Gasteiger partial charge in [0.25, 0.3) is 0 Å². The van der Waals surface area contributed by atoms with Crippen LogP contribution in [0.2, 0.25) is 0 Å². The van der Waals surface area contributed by atoms with E-state index in [0.717, 1.165) is 0 Å². The van der Waals surface area contributed by atoms with E-state index < -0.39 is 0 Å². The third-order valence-electron chi connectivity index (χ3n) is 3.65. The third-order valence-corrected chi connectivity index (χ3v) is 3.65. The first-order valence-corrected chi connectivity index (χ1v) is 10.2. The molecule has 0 atom stereocenters. The molecule has 0 fully saturated rings. The molecule has 0 aliphatic heterocycles. The molecule has 0 spiro atoms. The smallest absolute Gasteiger partial charge is 0.220 e. The van der Waals surface area contributed by atoms with Gasteiger partial charge in [-0.05, 0) is 26.2 Å². The van der Waals surface area contributed by atoms with Crippen molar-refractivity contribution >= 4 is 23.5 Å². The lowest BCUT2D eigenvalue weighted by Crippen LogP contribution is -2.29. The predicted molar refractivity (Wildman–Crippen MR) is 115 cm³/mol. The summed E-state index contributed by atoms with van der Waals surface area (Å²) in [4.78, 5) is 45.9. The van der Waals surface area contributed by atoms with Gasteiger partial charge in [-0.2, -0.15) is 0 Å². The van der Waals surface area contributed by atoms with E-state index in [1.54, 1.807) is 0 Å². The molecule has 0 aliphatic rings. The molecule has 3 N–H and O–H groups in total. The highest BCUT2D eigenvalue weighted by atomic mass is 16.2. The van der Waals surface area contributed by atoms with Crippen LogP contribution < -0.4 is 16.0 Å². The van der Waals surface area contributed by atoms with Crippen molar-refractivity contribution in [1.82, 2.24) is 16.0 Å². The molecule has 0 aromatic heterocycles. The standard InChI is InChI=1S/C18H33N3O4.C2H6.3H2/c1-4-19-16(23)10-6-12-21-18(25)11-7-13-20-17(24)9-5-8-15(22)14(2)3;1-2;;;/h14H,4-13H2,1-3H3,(H,19,23)(H,20,24)(H,21,25);1-2H3;3*1H. The lowest BCUT2D eigenvalue weighted by atomic mass is 10.0. The van der Waals surface area contributed by atoms with Crippen molar-refractivity contribution in [3.8, 4) is 0 Å². The molecular formula is C20H45N3O4. The van der Waals surface area contributed by atoms with E-state index >= 15 is 0 Å². The number of hydrogen-bond donors (Lipinski definition) is 3. The first-order chi connectivity index (χ1) is 12.9. The Hall–Kier alpha value is -1.92. The summed E-state index contributed by atoms with van der Waals surface area (Å²) < 4.78 is 0. The number of nitrogens with one attached hydrogen (secondary N) is 3. The second-order valence-electron chi connectivity index (χ2n) is 6.34. The molecule has 7 heteroatoms. The molecule has 0 unspecified atom stereocenters. The van der Waals surface area contributed by atoms with Crippen LogP contribution in [0.5, 0.6) is 0 Å². The molecule has 27 heavy (non-hydrogen) atoms. The molecule has 0 aliphatic carbocycles. The van der Waals surface area contributed by atoms with Crippen LogP contribution >= 0.6 is 0 Å². The number of amides is 3. The highest BCUT2D eigenvalue weighted by molar-refractivity contribution is 5.81. The Morgan fingerprint density at radius 2 is 1.11 bits per heavy atom. The summed E-state index contributed by atoms with van der Waals surface area (Å²) in [6.07, 6.45) is 3.27. The molecule has 7 nitrogen and oxygen atoms in total.